The van der Waals surface area contributed by atoms with Crippen LogP contribution in [0.2, 0.25) is 0 Å². The van der Waals surface area contributed by atoms with Crippen molar-refractivity contribution in [3.05, 3.63) is 0 Å². The molecule has 3 N–H and O–H groups in total. The summed E-state index contributed by atoms with van der Waals surface area (Å²) in [5.74, 6) is 0.0208. The highest BCUT2D eigenvalue weighted by molar-refractivity contribution is 7.89. The van der Waals surface area contributed by atoms with Crippen LogP contribution in [0.1, 0.15) is 13.3 Å². The van der Waals surface area contributed by atoms with Crippen molar-refractivity contribution in [1.82, 2.24) is 4.72 Å². The zero-order chi connectivity index (χ0) is 8.04. The van der Waals surface area contributed by atoms with Crippen LogP contribution >= 0.6 is 0 Å². The molecule has 0 saturated heterocycles. The smallest absolute Gasteiger partial charge is 0.212 e. The van der Waals surface area contributed by atoms with Crippen LogP contribution in [0.4, 0.5) is 0 Å². The van der Waals surface area contributed by atoms with E-state index in [2.05, 4.69) is 4.72 Å². The molecule has 4 nitrogen and oxygen atoms in total. The van der Waals surface area contributed by atoms with E-state index in [1.54, 1.807) is 0 Å². The van der Waals surface area contributed by atoms with Gasteiger partial charge in [-0.15, -0.1) is 0 Å². The largest absolute Gasteiger partial charge is 0.329 e. The van der Waals surface area contributed by atoms with E-state index < -0.39 is 10.0 Å². The Balaban J connectivity index is 3.65. The van der Waals surface area contributed by atoms with Gasteiger partial charge in [0.2, 0.25) is 10.0 Å². The highest BCUT2D eigenvalue weighted by atomic mass is 32.2. The quantitative estimate of drug-likeness (QED) is 0.566. The molecular formula is C5H14N2O2S. The zero-order valence-corrected chi connectivity index (χ0v) is 6.95. The molecule has 0 aliphatic carbocycles. The average molecular weight is 166 g/mol. The van der Waals surface area contributed by atoms with Crippen LogP contribution in [0.15, 0.2) is 0 Å². The first-order valence-corrected chi connectivity index (χ1v) is 4.95. The van der Waals surface area contributed by atoms with Crippen LogP contribution in [-0.4, -0.2) is 27.3 Å². The summed E-state index contributed by atoms with van der Waals surface area (Å²) in [6.45, 7) is 2.59. The van der Waals surface area contributed by atoms with Crippen LogP contribution in [0, 0.1) is 0 Å². The molecule has 0 fully saturated rings. The highest BCUT2D eigenvalue weighted by Gasteiger charge is 2.05. The van der Waals surface area contributed by atoms with Crippen molar-refractivity contribution in [2.45, 2.75) is 13.3 Å². The van der Waals surface area contributed by atoms with Gasteiger partial charge in [-0.1, -0.05) is 6.92 Å². The Morgan fingerprint density at radius 1 is 1.50 bits per heavy atom. The van der Waals surface area contributed by atoms with Crippen LogP contribution in [0.3, 0.4) is 0 Å². The van der Waals surface area contributed by atoms with Crippen LogP contribution in [0.5, 0.6) is 0 Å². The fraction of sp³-hybridized carbons (Fsp3) is 1.00. The molecule has 0 aromatic heterocycles. The van der Waals surface area contributed by atoms with E-state index in [1.165, 1.54) is 0 Å². The minimum Gasteiger partial charge on any atom is -0.329 e. The molecule has 0 amide bonds. The Bertz CT molecular complexity index is 164. The Hall–Kier alpha value is -0.130. The Morgan fingerprint density at radius 2 is 2.10 bits per heavy atom. The summed E-state index contributed by atoms with van der Waals surface area (Å²) in [4.78, 5) is 0. The van der Waals surface area contributed by atoms with Crippen molar-refractivity contribution >= 4 is 10.0 Å². The van der Waals surface area contributed by atoms with Crippen molar-refractivity contribution in [3.63, 3.8) is 0 Å². The van der Waals surface area contributed by atoms with Gasteiger partial charge in [0.15, 0.2) is 0 Å². The van der Waals surface area contributed by atoms with Gasteiger partial charge in [0, 0.05) is 13.1 Å². The van der Waals surface area contributed by atoms with Gasteiger partial charge in [0.25, 0.3) is 0 Å². The van der Waals surface area contributed by atoms with Gasteiger partial charge in [-0.2, -0.15) is 0 Å². The van der Waals surface area contributed by atoms with E-state index in [9.17, 15) is 8.42 Å². The van der Waals surface area contributed by atoms with Crippen molar-refractivity contribution in [2.75, 3.05) is 18.8 Å². The molecule has 0 aromatic rings. The van der Waals surface area contributed by atoms with Gasteiger partial charge < -0.3 is 5.73 Å². The van der Waals surface area contributed by atoms with Crippen LogP contribution < -0.4 is 10.5 Å². The van der Waals surface area contributed by atoms with E-state index in [0.29, 0.717) is 6.54 Å². The fourth-order valence-electron chi connectivity index (χ4n) is 0.485. The summed E-state index contributed by atoms with van der Waals surface area (Å²) in [6, 6.07) is 0. The molecule has 10 heavy (non-hydrogen) atoms. The maximum absolute atomic E-state index is 10.8. The number of rotatable bonds is 5. The second-order valence-corrected chi connectivity index (χ2v) is 3.93. The van der Waals surface area contributed by atoms with Crippen LogP contribution in [-0.2, 0) is 10.0 Å². The van der Waals surface area contributed by atoms with E-state index in [0.717, 1.165) is 6.42 Å². The lowest BCUT2D eigenvalue weighted by Crippen LogP contribution is -2.30. The molecule has 0 aliphatic heterocycles. The summed E-state index contributed by atoms with van der Waals surface area (Å²) < 4.78 is 24.0. The number of nitrogens with one attached hydrogen (secondary N) is 1. The molecule has 0 spiro atoms. The van der Waals surface area contributed by atoms with Gasteiger partial charge in [-0.05, 0) is 6.42 Å². The number of sulfonamides is 1. The molecule has 0 rings (SSSR count). The normalized spacial score (nSPS) is 11.8. The standard InChI is InChI=1S/C5H14N2O2S/c1-2-4-7-10(8,9)5-3-6/h7H,2-6H2,1H3. The monoisotopic (exact) mass is 166 g/mol. The van der Waals surface area contributed by atoms with Gasteiger partial charge >= 0.3 is 0 Å². The topological polar surface area (TPSA) is 72.2 Å². The van der Waals surface area contributed by atoms with E-state index in [-0.39, 0.29) is 12.3 Å². The van der Waals surface area contributed by atoms with Crippen molar-refractivity contribution in [2.24, 2.45) is 5.73 Å². The molecule has 0 unspecified atom stereocenters. The first kappa shape index (κ1) is 9.87. The predicted octanol–water partition coefficient (Wildman–Crippen LogP) is -0.725. The lowest BCUT2D eigenvalue weighted by atomic mass is 10.5. The predicted molar refractivity (Wildman–Crippen MR) is 41.1 cm³/mol. The van der Waals surface area contributed by atoms with Gasteiger partial charge in [-0.3, -0.25) is 0 Å². The molecule has 0 bridgehead atoms. The summed E-state index contributed by atoms with van der Waals surface area (Å²) in [5.41, 5.74) is 5.07. The molecule has 0 saturated carbocycles. The Morgan fingerprint density at radius 3 is 2.50 bits per heavy atom. The maximum atomic E-state index is 10.8. The minimum atomic E-state index is -3.07. The molecule has 0 aromatic carbocycles. The third-order valence-corrected chi connectivity index (χ3v) is 2.38. The molecule has 0 aliphatic rings. The van der Waals surface area contributed by atoms with Crippen molar-refractivity contribution in [1.29, 1.82) is 0 Å². The van der Waals surface area contributed by atoms with Gasteiger partial charge in [0.1, 0.15) is 0 Å². The number of nitrogens with two attached hydrogens (primary N) is 1. The van der Waals surface area contributed by atoms with Gasteiger partial charge in [-0.25, -0.2) is 13.1 Å². The molecular weight excluding hydrogens is 152 g/mol. The Kier molecular flexibility index (Phi) is 4.59. The molecule has 5 heteroatoms. The fourth-order valence-corrected chi connectivity index (χ4v) is 1.45. The first-order chi connectivity index (χ1) is 4.62. The second kappa shape index (κ2) is 4.65. The second-order valence-electron chi connectivity index (χ2n) is 2.00. The lowest BCUT2D eigenvalue weighted by molar-refractivity contribution is 0.580. The third kappa shape index (κ3) is 4.72. The summed E-state index contributed by atoms with van der Waals surface area (Å²) >= 11 is 0. The lowest BCUT2D eigenvalue weighted by Gasteiger charge is -2.01. The zero-order valence-electron chi connectivity index (χ0n) is 6.13. The third-order valence-electron chi connectivity index (χ3n) is 0.959. The minimum absolute atomic E-state index is 0.0208. The first-order valence-electron chi connectivity index (χ1n) is 3.30. The van der Waals surface area contributed by atoms with Crippen molar-refractivity contribution in [3.8, 4) is 0 Å². The summed E-state index contributed by atoms with van der Waals surface area (Å²) in [6.07, 6.45) is 0.809. The van der Waals surface area contributed by atoms with Gasteiger partial charge in [0.05, 0.1) is 5.75 Å². The molecule has 0 atom stereocenters. The number of hydrogen-bond donors (Lipinski definition) is 2. The SMILES string of the molecule is CCCNS(=O)(=O)CCN. The highest BCUT2D eigenvalue weighted by Crippen LogP contribution is 1.81. The van der Waals surface area contributed by atoms with Crippen molar-refractivity contribution < 1.29 is 8.42 Å². The average Bonchev–Trinajstić information content (AvgIpc) is 1.84. The summed E-state index contributed by atoms with van der Waals surface area (Å²) in [7, 11) is -3.07. The molecule has 0 radical (unpaired) electrons. The summed E-state index contributed by atoms with van der Waals surface area (Å²) in [5, 5.41) is 0. The van der Waals surface area contributed by atoms with Crippen LogP contribution in [0.25, 0.3) is 0 Å². The van der Waals surface area contributed by atoms with E-state index in [4.69, 9.17) is 5.73 Å². The molecule has 0 heterocycles. The Labute approximate surface area is 61.8 Å². The van der Waals surface area contributed by atoms with E-state index in [1.807, 2.05) is 6.92 Å². The van der Waals surface area contributed by atoms with E-state index >= 15 is 0 Å². The molecule has 62 valence electrons. The maximum Gasteiger partial charge on any atom is 0.212 e. The number of hydrogen-bond acceptors (Lipinski definition) is 3.